The van der Waals surface area contributed by atoms with Gasteiger partial charge in [0.2, 0.25) is 5.95 Å². The van der Waals surface area contributed by atoms with Crippen molar-refractivity contribution in [2.24, 2.45) is 0 Å². The first-order valence-corrected chi connectivity index (χ1v) is 7.55. The maximum atomic E-state index is 4.72. The number of nitrogens with one attached hydrogen (secondary N) is 2. The molecule has 108 valence electrons. The molecule has 2 N–H and O–H groups in total. The number of hydrogen-bond acceptors (Lipinski definition) is 5. The molecule has 1 aliphatic rings. The Morgan fingerprint density at radius 1 is 1.35 bits per heavy atom. The van der Waals surface area contributed by atoms with Gasteiger partial charge < -0.3 is 15.2 Å². The second-order valence-electron chi connectivity index (χ2n) is 5.25. The average Bonchev–Trinajstić information content (AvgIpc) is 2.95. The lowest BCUT2D eigenvalue weighted by molar-refractivity contribution is 0.447. The molecule has 20 heavy (non-hydrogen) atoms. The van der Waals surface area contributed by atoms with E-state index in [1.807, 2.05) is 6.92 Å². The van der Waals surface area contributed by atoms with Crippen molar-refractivity contribution in [3.8, 4) is 0 Å². The van der Waals surface area contributed by atoms with Gasteiger partial charge in [0.1, 0.15) is 5.52 Å². The van der Waals surface area contributed by atoms with Gasteiger partial charge in [-0.15, -0.1) is 0 Å². The zero-order valence-corrected chi connectivity index (χ0v) is 12.2. The van der Waals surface area contributed by atoms with E-state index in [0.29, 0.717) is 12.0 Å². The number of piperidine rings is 1. The molecule has 6 heteroatoms. The molecule has 0 saturated carbocycles. The summed E-state index contributed by atoms with van der Waals surface area (Å²) in [6, 6.07) is 0.569. The van der Waals surface area contributed by atoms with Gasteiger partial charge in [-0.05, 0) is 32.6 Å². The molecule has 2 aromatic rings. The van der Waals surface area contributed by atoms with Crippen molar-refractivity contribution in [1.29, 1.82) is 0 Å². The number of aromatic amines is 1. The predicted molar refractivity (Wildman–Crippen MR) is 81.1 cm³/mol. The summed E-state index contributed by atoms with van der Waals surface area (Å²) >= 11 is 0. The SMILES string of the molecule is CCNc1nc(N2CCCCC2CC)c2[nH]cnc2n1. The lowest BCUT2D eigenvalue weighted by atomic mass is 10.00. The van der Waals surface area contributed by atoms with Gasteiger partial charge in [-0.25, -0.2) is 4.98 Å². The Balaban J connectivity index is 2.05. The number of fused-ring (bicyclic) bond motifs is 1. The fourth-order valence-electron chi connectivity index (χ4n) is 2.97. The summed E-state index contributed by atoms with van der Waals surface area (Å²) in [6.45, 7) is 6.18. The quantitative estimate of drug-likeness (QED) is 0.896. The second-order valence-corrected chi connectivity index (χ2v) is 5.25. The highest BCUT2D eigenvalue weighted by atomic mass is 15.3. The first-order valence-electron chi connectivity index (χ1n) is 7.55. The van der Waals surface area contributed by atoms with Crippen molar-refractivity contribution in [1.82, 2.24) is 19.9 Å². The molecule has 0 aliphatic carbocycles. The van der Waals surface area contributed by atoms with Crippen LogP contribution in [-0.4, -0.2) is 39.1 Å². The van der Waals surface area contributed by atoms with Crippen LogP contribution in [0.2, 0.25) is 0 Å². The molecule has 6 nitrogen and oxygen atoms in total. The van der Waals surface area contributed by atoms with Crippen molar-refractivity contribution in [3.05, 3.63) is 6.33 Å². The lowest BCUT2D eigenvalue weighted by Crippen LogP contribution is -2.40. The zero-order chi connectivity index (χ0) is 13.9. The summed E-state index contributed by atoms with van der Waals surface area (Å²) in [5.41, 5.74) is 1.69. The summed E-state index contributed by atoms with van der Waals surface area (Å²) in [4.78, 5) is 19.1. The number of imidazole rings is 1. The number of nitrogens with zero attached hydrogens (tertiary/aromatic N) is 4. The normalized spacial score (nSPS) is 19.5. The maximum Gasteiger partial charge on any atom is 0.226 e. The van der Waals surface area contributed by atoms with Crippen LogP contribution < -0.4 is 10.2 Å². The topological polar surface area (TPSA) is 69.7 Å². The predicted octanol–water partition coefficient (Wildman–Crippen LogP) is 2.55. The van der Waals surface area contributed by atoms with Gasteiger partial charge in [0, 0.05) is 19.1 Å². The highest BCUT2D eigenvalue weighted by Gasteiger charge is 2.25. The maximum absolute atomic E-state index is 4.72. The van der Waals surface area contributed by atoms with Crippen molar-refractivity contribution in [2.45, 2.75) is 45.6 Å². The first kappa shape index (κ1) is 13.1. The molecular formula is C14H22N6. The molecule has 0 bridgehead atoms. The number of hydrogen-bond donors (Lipinski definition) is 2. The Morgan fingerprint density at radius 3 is 3.05 bits per heavy atom. The summed E-state index contributed by atoms with van der Waals surface area (Å²) in [7, 11) is 0. The summed E-state index contributed by atoms with van der Waals surface area (Å²) in [6.07, 6.45) is 6.63. The van der Waals surface area contributed by atoms with Crippen LogP contribution in [0.15, 0.2) is 6.33 Å². The van der Waals surface area contributed by atoms with E-state index in [-0.39, 0.29) is 0 Å². The third-order valence-electron chi connectivity index (χ3n) is 3.97. The standard InChI is InChI=1S/C14H22N6/c1-3-10-7-5-6-8-20(10)13-11-12(17-9-16-11)18-14(19-13)15-4-2/h9-10H,3-8H2,1-2H3,(H2,15,16,17,18,19). The van der Waals surface area contributed by atoms with Gasteiger partial charge in [-0.3, -0.25) is 0 Å². The smallest absolute Gasteiger partial charge is 0.226 e. The van der Waals surface area contributed by atoms with Gasteiger partial charge in [-0.1, -0.05) is 6.92 Å². The van der Waals surface area contributed by atoms with E-state index in [2.05, 4.69) is 32.1 Å². The van der Waals surface area contributed by atoms with Crippen molar-refractivity contribution < 1.29 is 0 Å². The summed E-state index contributed by atoms with van der Waals surface area (Å²) in [5.74, 6) is 1.66. The van der Waals surface area contributed by atoms with E-state index in [0.717, 1.165) is 36.5 Å². The summed E-state index contributed by atoms with van der Waals surface area (Å²) in [5, 5.41) is 3.20. The summed E-state index contributed by atoms with van der Waals surface area (Å²) < 4.78 is 0. The fraction of sp³-hybridized carbons (Fsp3) is 0.643. The van der Waals surface area contributed by atoms with Crippen LogP contribution in [0.5, 0.6) is 0 Å². The minimum atomic E-state index is 0.569. The molecule has 0 spiro atoms. The molecule has 0 amide bonds. The largest absolute Gasteiger partial charge is 0.354 e. The van der Waals surface area contributed by atoms with E-state index < -0.39 is 0 Å². The average molecular weight is 274 g/mol. The van der Waals surface area contributed by atoms with Crippen LogP contribution in [0.3, 0.4) is 0 Å². The Hall–Kier alpha value is -1.85. The Kier molecular flexibility index (Phi) is 3.71. The second kappa shape index (κ2) is 5.64. The van der Waals surface area contributed by atoms with Crippen molar-refractivity contribution in [3.63, 3.8) is 0 Å². The zero-order valence-electron chi connectivity index (χ0n) is 12.2. The van der Waals surface area contributed by atoms with Crippen LogP contribution >= 0.6 is 0 Å². The number of anilines is 2. The molecule has 1 saturated heterocycles. The molecule has 0 radical (unpaired) electrons. The van der Waals surface area contributed by atoms with Crippen LogP contribution in [-0.2, 0) is 0 Å². The molecule has 2 aromatic heterocycles. The Morgan fingerprint density at radius 2 is 2.25 bits per heavy atom. The highest BCUT2D eigenvalue weighted by Crippen LogP contribution is 2.29. The fourth-order valence-corrected chi connectivity index (χ4v) is 2.97. The van der Waals surface area contributed by atoms with Gasteiger partial charge >= 0.3 is 0 Å². The number of aromatic nitrogens is 4. The van der Waals surface area contributed by atoms with Crippen LogP contribution in [0.4, 0.5) is 11.8 Å². The third kappa shape index (κ3) is 2.30. The highest BCUT2D eigenvalue weighted by molar-refractivity contribution is 5.84. The van der Waals surface area contributed by atoms with E-state index >= 15 is 0 Å². The van der Waals surface area contributed by atoms with Crippen LogP contribution in [0, 0.1) is 0 Å². The van der Waals surface area contributed by atoms with Crippen LogP contribution in [0.25, 0.3) is 11.2 Å². The molecule has 1 atom stereocenters. The van der Waals surface area contributed by atoms with Crippen molar-refractivity contribution in [2.75, 3.05) is 23.3 Å². The molecule has 3 heterocycles. The third-order valence-corrected chi connectivity index (χ3v) is 3.97. The number of H-pyrrole nitrogens is 1. The van der Waals surface area contributed by atoms with Gasteiger partial charge in [0.25, 0.3) is 0 Å². The molecule has 1 aliphatic heterocycles. The van der Waals surface area contributed by atoms with E-state index in [1.165, 1.54) is 19.3 Å². The minimum absolute atomic E-state index is 0.569. The molecule has 0 aromatic carbocycles. The number of rotatable bonds is 4. The monoisotopic (exact) mass is 274 g/mol. The van der Waals surface area contributed by atoms with E-state index in [1.54, 1.807) is 6.33 Å². The molecule has 1 fully saturated rings. The van der Waals surface area contributed by atoms with Gasteiger partial charge in [-0.2, -0.15) is 9.97 Å². The first-order chi connectivity index (χ1) is 9.83. The van der Waals surface area contributed by atoms with E-state index in [4.69, 9.17) is 4.98 Å². The Labute approximate surface area is 119 Å². The minimum Gasteiger partial charge on any atom is -0.354 e. The van der Waals surface area contributed by atoms with Crippen molar-refractivity contribution >= 4 is 22.9 Å². The molecular weight excluding hydrogens is 252 g/mol. The van der Waals surface area contributed by atoms with Crippen LogP contribution in [0.1, 0.15) is 39.5 Å². The Bertz CT molecular complexity index is 578. The molecule has 1 unspecified atom stereocenters. The van der Waals surface area contributed by atoms with Gasteiger partial charge in [0.05, 0.1) is 6.33 Å². The molecule has 3 rings (SSSR count). The van der Waals surface area contributed by atoms with Gasteiger partial charge in [0.15, 0.2) is 11.5 Å². The van der Waals surface area contributed by atoms with E-state index in [9.17, 15) is 0 Å². The lowest BCUT2D eigenvalue weighted by Gasteiger charge is -2.36.